The summed E-state index contributed by atoms with van der Waals surface area (Å²) in [7, 11) is 0. The number of carboxylic acid groups (broad SMARTS) is 1. The zero-order valence-corrected chi connectivity index (χ0v) is 12.3. The molecule has 1 aromatic heterocycles. The topological polar surface area (TPSA) is 79.5 Å². The number of carbonyl (C=O) groups is 1. The summed E-state index contributed by atoms with van der Waals surface area (Å²) in [5.41, 5.74) is 6.59. The number of anilines is 1. The maximum Gasteiger partial charge on any atom is 0.407 e. The van der Waals surface area contributed by atoms with Gasteiger partial charge in [0.2, 0.25) is 0 Å². The minimum atomic E-state index is -0.835. The van der Waals surface area contributed by atoms with Gasteiger partial charge in [0.05, 0.1) is 0 Å². The second-order valence-corrected chi connectivity index (χ2v) is 6.55. The fourth-order valence-corrected chi connectivity index (χ4v) is 3.27. The largest absolute Gasteiger partial charge is 0.465 e. The van der Waals surface area contributed by atoms with E-state index in [-0.39, 0.29) is 17.4 Å². The Kier molecular flexibility index (Phi) is 3.88. The summed E-state index contributed by atoms with van der Waals surface area (Å²) in [4.78, 5) is 17.3. The summed E-state index contributed by atoms with van der Waals surface area (Å²) in [5, 5.41) is 9.47. The second-order valence-electron chi connectivity index (χ2n) is 6.55. The molecule has 2 heterocycles. The monoisotopic (exact) mass is 277 g/mol. The maximum absolute atomic E-state index is 11.5. The highest BCUT2D eigenvalue weighted by atomic mass is 16.4. The number of pyridine rings is 1. The minimum absolute atomic E-state index is 0.0424. The Morgan fingerprint density at radius 2 is 2.15 bits per heavy atom. The summed E-state index contributed by atoms with van der Waals surface area (Å²) < 4.78 is 0. The Morgan fingerprint density at radius 3 is 2.65 bits per heavy atom. The quantitative estimate of drug-likeness (QED) is 0.827. The third-order valence-electron chi connectivity index (χ3n) is 4.00. The smallest absolute Gasteiger partial charge is 0.407 e. The van der Waals surface area contributed by atoms with E-state index in [1.54, 1.807) is 17.2 Å². The van der Waals surface area contributed by atoms with Crippen LogP contribution in [0.1, 0.15) is 45.1 Å². The summed E-state index contributed by atoms with van der Waals surface area (Å²) in [6, 6.07) is 3.71. The van der Waals surface area contributed by atoms with Crippen molar-refractivity contribution in [3.05, 3.63) is 23.9 Å². The molecule has 1 saturated heterocycles. The molecule has 0 bridgehead atoms. The van der Waals surface area contributed by atoms with E-state index in [0.717, 1.165) is 18.4 Å². The van der Waals surface area contributed by atoms with Gasteiger partial charge in [-0.05, 0) is 29.9 Å². The van der Waals surface area contributed by atoms with E-state index >= 15 is 0 Å². The molecule has 2 unspecified atom stereocenters. The molecule has 2 rings (SSSR count). The van der Waals surface area contributed by atoms with Gasteiger partial charge < -0.3 is 15.7 Å². The van der Waals surface area contributed by atoms with E-state index in [4.69, 9.17) is 5.73 Å². The van der Waals surface area contributed by atoms with Gasteiger partial charge in [-0.3, -0.25) is 0 Å². The fraction of sp³-hybridized carbons (Fsp3) is 0.600. The number of amides is 1. The number of likely N-dealkylation sites (tertiary alicyclic amines) is 1. The van der Waals surface area contributed by atoms with E-state index in [9.17, 15) is 9.90 Å². The Bertz CT molecular complexity index is 479. The van der Waals surface area contributed by atoms with Crippen LogP contribution < -0.4 is 5.73 Å². The highest BCUT2D eigenvalue weighted by Crippen LogP contribution is 2.41. The Hall–Kier alpha value is -1.78. The zero-order valence-electron chi connectivity index (χ0n) is 12.3. The lowest BCUT2D eigenvalue weighted by Crippen LogP contribution is -2.53. The molecule has 0 radical (unpaired) electrons. The van der Waals surface area contributed by atoms with Crippen LogP contribution in [0.3, 0.4) is 0 Å². The summed E-state index contributed by atoms with van der Waals surface area (Å²) in [5.74, 6) is 0.667. The van der Waals surface area contributed by atoms with Crippen LogP contribution in [0.4, 0.5) is 10.6 Å². The first kappa shape index (κ1) is 14.6. The van der Waals surface area contributed by atoms with Gasteiger partial charge in [-0.15, -0.1) is 0 Å². The van der Waals surface area contributed by atoms with Crippen molar-refractivity contribution in [2.75, 3.05) is 12.3 Å². The van der Waals surface area contributed by atoms with E-state index in [1.807, 2.05) is 6.07 Å². The molecule has 1 aliphatic rings. The van der Waals surface area contributed by atoms with Crippen molar-refractivity contribution in [3.8, 4) is 0 Å². The lowest BCUT2D eigenvalue weighted by Gasteiger charge is -2.47. The van der Waals surface area contributed by atoms with Crippen molar-refractivity contribution in [3.63, 3.8) is 0 Å². The number of nitrogens with two attached hydrogens (primary N) is 1. The van der Waals surface area contributed by atoms with Gasteiger partial charge in [-0.2, -0.15) is 0 Å². The molecule has 1 aliphatic heterocycles. The molecule has 2 atom stereocenters. The van der Waals surface area contributed by atoms with Crippen molar-refractivity contribution in [2.24, 2.45) is 5.41 Å². The zero-order chi connectivity index (χ0) is 14.9. The van der Waals surface area contributed by atoms with Crippen molar-refractivity contribution in [2.45, 2.75) is 45.6 Å². The van der Waals surface area contributed by atoms with Crippen LogP contribution in [0.25, 0.3) is 0 Å². The lowest BCUT2D eigenvalue weighted by atomic mass is 9.72. The Morgan fingerprint density at radius 1 is 1.45 bits per heavy atom. The van der Waals surface area contributed by atoms with Crippen LogP contribution >= 0.6 is 0 Å². The van der Waals surface area contributed by atoms with Crippen LogP contribution in [0.5, 0.6) is 0 Å². The third kappa shape index (κ3) is 2.86. The molecule has 0 aromatic carbocycles. The van der Waals surface area contributed by atoms with Crippen LogP contribution in [0.2, 0.25) is 0 Å². The molecule has 5 nitrogen and oxygen atoms in total. The predicted octanol–water partition coefficient (Wildman–Crippen LogP) is 2.94. The number of hydrogen-bond donors (Lipinski definition) is 2. The molecule has 0 aliphatic carbocycles. The first-order valence-corrected chi connectivity index (χ1v) is 7.01. The number of rotatable bonds is 1. The first-order valence-electron chi connectivity index (χ1n) is 7.01. The maximum atomic E-state index is 11.5. The Balaban J connectivity index is 2.38. The predicted molar refractivity (Wildman–Crippen MR) is 78.6 cm³/mol. The normalized spacial score (nSPS) is 23.6. The van der Waals surface area contributed by atoms with Gasteiger partial charge in [-0.1, -0.05) is 26.8 Å². The van der Waals surface area contributed by atoms with Crippen molar-refractivity contribution >= 4 is 11.9 Å². The van der Waals surface area contributed by atoms with Crippen molar-refractivity contribution < 1.29 is 9.90 Å². The lowest BCUT2D eigenvalue weighted by molar-refractivity contribution is 0.0456. The third-order valence-corrected chi connectivity index (χ3v) is 4.00. The number of aromatic nitrogens is 1. The molecule has 0 spiro atoms. The van der Waals surface area contributed by atoms with Gasteiger partial charge in [0.1, 0.15) is 5.82 Å². The molecule has 1 fully saturated rings. The van der Waals surface area contributed by atoms with Crippen LogP contribution in [-0.2, 0) is 0 Å². The number of nitrogens with zero attached hydrogens (tertiary/aromatic N) is 2. The standard InChI is InChI=1S/C15H23N3O2/c1-15(2,3)13-11(5-4-8-18(13)14(19)20)10-6-7-12(16)17-9-10/h6-7,9,11,13H,4-5,8H2,1-3H3,(H2,16,17)(H,19,20). The molecule has 20 heavy (non-hydrogen) atoms. The number of hydrogen-bond acceptors (Lipinski definition) is 3. The number of nitrogen functional groups attached to an aromatic ring is 1. The molecule has 0 saturated carbocycles. The van der Waals surface area contributed by atoms with Gasteiger partial charge in [0.25, 0.3) is 0 Å². The van der Waals surface area contributed by atoms with Crippen molar-refractivity contribution in [1.82, 2.24) is 9.88 Å². The second kappa shape index (κ2) is 5.31. The highest BCUT2D eigenvalue weighted by Gasteiger charge is 2.42. The van der Waals surface area contributed by atoms with Gasteiger partial charge >= 0.3 is 6.09 Å². The van der Waals surface area contributed by atoms with Crippen LogP contribution in [0, 0.1) is 5.41 Å². The summed E-state index contributed by atoms with van der Waals surface area (Å²) >= 11 is 0. The average Bonchev–Trinajstić information content (AvgIpc) is 2.37. The number of piperidine rings is 1. The summed E-state index contributed by atoms with van der Waals surface area (Å²) in [6.07, 6.45) is 2.81. The van der Waals surface area contributed by atoms with E-state index < -0.39 is 6.09 Å². The fourth-order valence-electron chi connectivity index (χ4n) is 3.27. The van der Waals surface area contributed by atoms with Gasteiger partial charge in [0, 0.05) is 24.7 Å². The van der Waals surface area contributed by atoms with E-state index in [2.05, 4.69) is 25.8 Å². The SMILES string of the molecule is CC(C)(C)C1C(c2ccc(N)nc2)CCCN1C(=O)O. The van der Waals surface area contributed by atoms with Crippen LogP contribution in [0.15, 0.2) is 18.3 Å². The van der Waals surface area contributed by atoms with Crippen molar-refractivity contribution in [1.29, 1.82) is 0 Å². The molecule has 5 heteroatoms. The van der Waals surface area contributed by atoms with E-state index in [1.165, 1.54) is 0 Å². The van der Waals surface area contributed by atoms with Gasteiger partial charge in [0.15, 0.2) is 0 Å². The first-order chi connectivity index (χ1) is 9.30. The molecule has 1 aromatic rings. The molecule has 110 valence electrons. The molecular formula is C15H23N3O2. The Labute approximate surface area is 119 Å². The molecule has 3 N–H and O–H groups in total. The molecule has 1 amide bonds. The van der Waals surface area contributed by atoms with Crippen LogP contribution in [-0.4, -0.2) is 33.7 Å². The van der Waals surface area contributed by atoms with E-state index in [0.29, 0.717) is 12.4 Å². The highest BCUT2D eigenvalue weighted by molar-refractivity contribution is 5.66. The molecular weight excluding hydrogens is 254 g/mol. The average molecular weight is 277 g/mol. The van der Waals surface area contributed by atoms with Gasteiger partial charge in [-0.25, -0.2) is 9.78 Å². The minimum Gasteiger partial charge on any atom is -0.465 e. The summed E-state index contributed by atoms with van der Waals surface area (Å²) in [6.45, 7) is 6.89.